The van der Waals surface area contributed by atoms with Crippen molar-refractivity contribution in [2.24, 2.45) is 0 Å². The molecule has 0 aliphatic heterocycles. The number of carbonyl (C=O) groups is 2. The van der Waals surface area contributed by atoms with Gasteiger partial charge in [0.25, 0.3) is 11.7 Å². The highest BCUT2D eigenvalue weighted by atomic mass is 32.2. The lowest BCUT2D eigenvalue weighted by Gasteiger charge is -2.10. The molecule has 1 heterocycles. The van der Waals surface area contributed by atoms with Crippen LogP contribution in [0.4, 0.5) is 14.5 Å². The summed E-state index contributed by atoms with van der Waals surface area (Å²) in [4.78, 5) is 24.3. The first-order valence-electron chi connectivity index (χ1n) is 7.48. The SMILES string of the molecule is O=C(COC(=O)c1n[nH]c2ccccc12)Nc1ccccc1SC(F)F. The van der Waals surface area contributed by atoms with Crippen molar-refractivity contribution >= 4 is 40.2 Å². The highest BCUT2D eigenvalue weighted by Crippen LogP contribution is 2.31. The monoisotopic (exact) mass is 377 g/mol. The number of ether oxygens (including phenoxy) is 1. The Hall–Kier alpha value is -2.94. The number of nitrogens with zero attached hydrogens (tertiary/aromatic N) is 1. The van der Waals surface area contributed by atoms with Gasteiger partial charge in [0.2, 0.25) is 0 Å². The summed E-state index contributed by atoms with van der Waals surface area (Å²) in [5.41, 5.74) is 0.966. The first-order chi connectivity index (χ1) is 12.5. The molecule has 0 bridgehead atoms. The molecular formula is C17H13F2N3O3S. The third-order valence-electron chi connectivity index (χ3n) is 3.38. The highest BCUT2D eigenvalue weighted by Gasteiger charge is 2.17. The molecule has 0 atom stereocenters. The predicted molar refractivity (Wildman–Crippen MR) is 93.3 cm³/mol. The van der Waals surface area contributed by atoms with Gasteiger partial charge in [0, 0.05) is 10.3 Å². The molecule has 0 saturated heterocycles. The fourth-order valence-electron chi connectivity index (χ4n) is 2.27. The molecule has 0 saturated carbocycles. The van der Waals surface area contributed by atoms with Gasteiger partial charge in [-0.2, -0.15) is 13.9 Å². The van der Waals surface area contributed by atoms with E-state index in [0.717, 1.165) is 0 Å². The van der Waals surface area contributed by atoms with Crippen molar-refractivity contribution in [2.45, 2.75) is 10.7 Å². The average molecular weight is 377 g/mol. The van der Waals surface area contributed by atoms with Gasteiger partial charge >= 0.3 is 5.97 Å². The zero-order valence-corrected chi connectivity index (χ0v) is 14.1. The van der Waals surface area contributed by atoms with Crippen LogP contribution >= 0.6 is 11.8 Å². The largest absolute Gasteiger partial charge is 0.451 e. The van der Waals surface area contributed by atoms with Crippen LogP contribution in [0.3, 0.4) is 0 Å². The van der Waals surface area contributed by atoms with E-state index in [4.69, 9.17) is 4.74 Å². The molecule has 0 spiro atoms. The maximum Gasteiger partial charge on any atom is 0.359 e. The second-order valence-corrected chi connectivity index (χ2v) is 6.15. The molecule has 3 rings (SSSR count). The van der Waals surface area contributed by atoms with E-state index in [9.17, 15) is 18.4 Å². The van der Waals surface area contributed by atoms with Crippen molar-refractivity contribution < 1.29 is 23.1 Å². The molecular weight excluding hydrogens is 364 g/mol. The predicted octanol–water partition coefficient (Wildman–Crippen LogP) is 3.67. The summed E-state index contributed by atoms with van der Waals surface area (Å²) in [6.07, 6.45) is 0. The summed E-state index contributed by atoms with van der Waals surface area (Å²) < 4.78 is 30.1. The normalized spacial score (nSPS) is 10.9. The Labute approximate surface area is 150 Å². The Morgan fingerprint density at radius 1 is 1.15 bits per heavy atom. The van der Waals surface area contributed by atoms with Crippen LogP contribution in [0.2, 0.25) is 0 Å². The van der Waals surface area contributed by atoms with E-state index in [0.29, 0.717) is 22.7 Å². The van der Waals surface area contributed by atoms with Crippen molar-refractivity contribution in [2.75, 3.05) is 11.9 Å². The number of carbonyl (C=O) groups excluding carboxylic acids is 2. The number of rotatable bonds is 6. The molecule has 0 radical (unpaired) electrons. The van der Waals surface area contributed by atoms with E-state index in [2.05, 4.69) is 15.5 Å². The summed E-state index contributed by atoms with van der Waals surface area (Å²) in [6.45, 7) is -0.562. The number of nitrogens with one attached hydrogen (secondary N) is 2. The van der Waals surface area contributed by atoms with Crippen LogP contribution in [-0.2, 0) is 9.53 Å². The summed E-state index contributed by atoms with van der Waals surface area (Å²) in [7, 11) is 0. The van der Waals surface area contributed by atoms with Gasteiger partial charge in [0.1, 0.15) is 0 Å². The Morgan fingerprint density at radius 3 is 2.69 bits per heavy atom. The summed E-state index contributed by atoms with van der Waals surface area (Å²) in [5, 5.41) is 9.62. The van der Waals surface area contributed by atoms with Crippen LogP contribution < -0.4 is 5.32 Å². The maximum absolute atomic E-state index is 12.5. The van der Waals surface area contributed by atoms with Crippen molar-refractivity contribution in [1.82, 2.24) is 10.2 Å². The second kappa shape index (κ2) is 7.96. The summed E-state index contributed by atoms with van der Waals surface area (Å²) in [6, 6.07) is 13.1. The molecule has 0 aliphatic carbocycles. The maximum atomic E-state index is 12.5. The number of anilines is 1. The number of alkyl halides is 2. The molecule has 1 amide bonds. The van der Waals surface area contributed by atoms with Crippen LogP contribution in [0.5, 0.6) is 0 Å². The molecule has 0 aliphatic rings. The second-order valence-electron chi connectivity index (χ2n) is 5.12. The summed E-state index contributed by atoms with van der Waals surface area (Å²) in [5.74, 6) is -4.01. The third-order valence-corrected chi connectivity index (χ3v) is 4.16. The lowest BCUT2D eigenvalue weighted by atomic mass is 10.2. The third kappa shape index (κ3) is 4.17. The van der Waals surface area contributed by atoms with Crippen molar-refractivity contribution in [1.29, 1.82) is 0 Å². The number of aromatic amines is 1. The first kappa shape index (κ1) is 17.9. The Morgan fingerprint density at radius 2 is 1.88 bits per heavy atom. The van der Waals surface area contributed by atoms with E-state index < -0.39 is 24.2 Å². The molecule has 2 aromatic carbocycles. The molecule has 9 heteroatoms. The lowest BCUT2D eigenvalue weighted by molar-refractivity contribution is -0.119. The zero-order valence-electron chi connectivity index (χ0n) is 13.2. The number of benzene rings is 2. The van der Waals surface area contributed by atoms with Crippen molar-refractivity contribution in [3.63, 3.8) is 0 Å². The zero-order chi connectivity index (χ0) is 18.5. The quantitative estimate of drug-likeness (QED) is 0.506. The van der Waals surface area contributed by atoms with Crippen molar-refractivity contribution in [3.8, 4) is 0 Å². The Kier molecular flexibility index (Phi) is 5.47. The number of fused-ring (bicyclic) bond motifs is 1. The topological polar surface area (TPSA) is 84.1 Å². The van der Waals surface area contributed by atoms with E-state index in [1.807, 2.05) is 0 Å². The Bertz CT molecular complexity index is 946. The number of para-hydroxylation sites is 2. The number of H-pyrrole nitrogens is 1. The molecule has 0 unspecified atom stereocenters. The van der Waals surface area contributed by atoms with E-state index >= 15 is 0 Å². The van der Waals surface area contributed by atoms with E-state index in [-0.39, 0.29) is 16.3 Å². The van der Waals surface area contributed by atoms with Crippen LogP contribution in [-0.4, -0.2) is 34.4 Å². The minimum atomic E-state index is -2.61. The van der Waals surface area contributed by atoms with Gasteiger partial charge in [-0.3, -0.25) is 9.89 Å². The first-order valence-corrected chi connectivity index (χ1v) is 8.36. The highest BCUT2D eigenvalue weighted by molar-refractivity contribution is 7.99. The molecule has 3 aromatic rings. The number of esters is 1. The van der Waals surface area contributed by atoms with Gasteiger partial charge in [-0.05, 0) is 18.2 Å². The standard InChI is InChI=1S/C17H13F2N3O3S/c18-17(19)26-13-8-4-3-7-12(13)20-14(23)9-25-16(24)15-10-5-1-2-6-11(10)21-22-15/h1-8,17H,9H2,(H,20,23)(H,21,22). The number of hydrogen-bond acceptors (Lipinski definition) is 5. The fourth-order valence-corrected chi connectivity index (χ4v) is 2.87. The lowest BCUT2D eigenvalue weighted by Crippen LogP contribution is -2.21. The number of amides is 1. The van der Waals surface area contributed by atoms with Gasteiger partial charge in [-0.15, -0.1) is 0 Å². The molecule has 2 N–H and O–H groups in total. The Balaban J connectivity index is 1.62. The minimum Gasteiger partial charge on any atom is -0.451 e. The number of halogens is 2. The minimum absolute atomic E-state index is 0.0713. The molecule has 134 valence electrons. The number of thioether (sulfide) groups is 1. The number of aromatic nitrogens is 2. The molecule has 0 fully saturated rings. The smallest absolute Gasteiger partial charge is 0.359 e. The van der Waals surface area contributed by atoms with E-state index in [1.54, 1.807) is 36.4 Å². The molecule has 26 heavy (non-hydrogen) atoms. The van der Waals surface area contributed by atoms with E-state index in [1.165, 1.54) is 12.1 Å². The fraction of sp³-hybridized carbons (Fsp3) is 0.118. The number of hydrogen-bond donors (Lipinski definition) is 2. The van der Waals surface area contributed by atoms with Gasteiger partial charge in [-0.25, -0.2) is 4.79 Å². The van der Waals surface area contributed by atoms with Gasteiger partial charge in [-0.1, -0.05) is 42.1 Å². The van der Waals surface area contributed by atoms with Gasteiger partial charge in [0.05, 0.1) is 11.2 Å². The summed E-state index contributed by atoms with van der Waals surface area (Å²) >= 11 is 0.321. The van der Waals surface area contributed by atoms with Crippen LogP contribution in [0.25, 0.3) is 10.9 Å². The van der Waals surface area contributed by atoms with Crippen LogP contribution in [0, 0.1) is 0 Å². The van der Waals surface area contributed by atoms with Gasteiger partial charge < -0.3 is 10.1 Å². The average Bonchev–Trinajstić information content (AvgIpc) is 3.05. The molecule has 6 nitrogen and oxygen atoms in total. The van der Waals surface area contributed by atoms with Crippen LogP contribution in [0.15, 0.2) is 53.4 Å². The molecule has 1 aromatic heterocycles. The van der Waals surface area contributed by atoms with Crippen LogP contribution in [0.1, 0.15) is 10.5 Å². The van der Waals surface area contributed by atoms with Gasteiger partial charge in [0.15, 0.2) is 12.3 Å². The van der Waals surface area contributed by atoms with Crippen molar-refractivity contribution in [3.05, 3.63) is 54.2 Å².